The van der Waals surface area contributed by atoms with Gasteiger partial charge in [-0.3, -0.25) is 0 Å². The van der Waals surface area contributed by atoms with Gasteiger partial charge in [-0.1, -0.05) is 23.8 Å². The molecule has 4 nitrogen and oxygen atoms in total. The summed E-state index contributed by atoms with van der Waals surface area (Å²) in [5.74, 6) is 1.91. The molecule has 0 aliphatic rings. The van der Waals surface area contributed by atoms with Crippen molar-refractivity contribution in [3.05, 3.63) is 53.9 Å². The van der Waals surface area contributed by atoms with Crippen LogP contribution in [0.5, 0.6) is 5.75 Å². The minimum atomic E-state index is 0.685. The first-order chi connectivity index (χ1) is 10.6. The lowest BCUT2D eigenvalue weighted by Crippen LogP contribution is -2.06. The number of hydrogen-bond acceptors (Lipinski definition) is 3. The molecule has 114 valence electrons. The summed E-state index contributed by atoms with van der Waals surface area (Å²) < 4.78 is 7.98. The van der Waals surface area contributed by atoms with Gasteiger partial charge in [0.2, 0.25) is 0 Å². The third-order valence-corrected chi connectivity index (χ3v) is 3.82. The van der Waals surface area contributed by atoms with Crippen LogP contribution in [0.2, 0.25) is 0 Å². The van der Waals surface area contributed by atoms with Crippen molar-refractivity contribution in [1.29, 1.82) is 0 Å². The number of nitrogens with zero attached hydrogens (tertiary/aromatic N) is 2. The minimum absolute atomic E-state index is 0.685. The zero-order chi connectivity index (χ0) is 15.5. The van der Waals surface area contributed by atoms with Gasteiger partial charge in [-0.05, 0) is 44.5 Å². The van der Waals surface area contributed by atoms with Crippen LogP contribution in [0.4, 0.5) is 5.69 Å². The van der Waals surface area contributed by atoms with E-state index in [0.717, 1.165) is 41.3 Å². The van der Waals surface area contributed by atoms with Crippen LogP contribution in [-0.2, 0) is 6.54 Å². The Balaban J connectivity index is 1.63. The SMILES string of the molecule is Cc1ccc(OCCCn2c(C)nc3c(N)cccc32)cc1. The maximum Gasteiger partial charge on any atom is 0.119 e. The Hall–Kier alpha value is -2.49. The first kappa shape index (κ1) is 14.4. The Morgan fingerprint density at radius 2 is 1.86 bits per heavy atom. The predicted octanol–water partition coefficient (Wildman–Crippen LogP) is 3.70. The van der Waals surface area contributed by atoms with E-state index in [4.69, 9.17) is 10.5 Å². The number of nitrogens with two attached hydrogens (primary N) is 1. The highest BCUT2D eigenvalue weighted by Gasteiger charge is 2.08. The second-order valence-corrected chi connectivity index (χ2v) is 5.54. The number of imidazole rings is 1. The molecule has 22 heavy (non-hydrogen) atoms. The second kappa shape index (κ2) is 6.10. The lowest BCUT2D eigenvalue weighted by molar-refractivity contribution is 0.302. The van der Waals surface area contributed by atoms with Crippen molar-refractivity contribution < 1.29 is 4.74 Å². The Bertz CT molecular complexity index is 775. The molecule has 0 fully saturated rings. The quantitative estimate of drug-likeness (QED) is 0.577. The van der Waals surface area contributed by atoms with E-state index < -0.39 is 0 Å². The third kappa shape index (κ3) is 2.91. The molecule has 1 heterocycles. The number of rotatable bonds is 5. The first-order valence-corrected chi connectivity index (χ1v) is 7.56. The molecule has 2 aromatic carbocycles. The van der Waals surface area contributed by atoms with Crippen LogP contribution >= 0.6 is 0 Å². The molecule has 0 unspecified atom stereocenters. The van der Waals surface area contributed by atoms with Crippen LogP contribution in [0.25, 0.3) is 11.0 Å². The number of para-hydroxylation sites is 1. The number of anilines is 1. The van der Waals surface area contributed by atoms with Crippen LogP contribution in [-0.4, -0.2) is 16.2 Å². The molecule has 0 amide bonds. The van der Waals surface area contributed by atoms with Crippen LogP contribution < -0.4 is 10.5 Å². The van der Waals surface area contributed by atoms with Crippen LogP contribution in [0.15, 0.2) is 42.5 Å². The average molecular weight is 295 g/mol. The molecule has 0 saturated carbocycles. The van der Waals surface area contributed by atoms with Crippen molar-refractivity contribution in [2.24, 2.45) is 0 Å². The topological polar surface area (TPSA) is 53.1 Å². The van der Waals surface area contributed by atoms with E-state index in [-0.39, 0.29) is 0 Å². The molecular formula is C18H21N3O. The van der Waals surface area contributed by atoms with Gasteiger partial charge in [-0.2, -0.15) is 0 Å². The molecular weight excluding hydrogens is 274 g/mol. The molecule has 0 bridgehead atoms. The highest BCUT2D eigenvalue weighted by molar-refractivity contribution is 5.87. The van der Waals surface area contributed by atoms with Gasteiger partial charge in [-0.15, -0.1) is 0 Å². The van der Waals surface area contributed by atoms with E-state index >= 15 is 0 Å². The van der Waals surface area contributed by atoms with Crippen molar-refractivity contribution in [2.45, 2.75) is 26.8 Å². The molecule has 2 N–H and O–H groups in total. The molecule has 1 aromatic heterocycles. The minimum Gasteiger partial charge on any atom is -0.494 e. The lowest BCUT2D eigenvalue weighted by atomic mass is 10.2. The zero-order valence-electron chi connectivity index (χ0n) is 13.0. The number of ether oxygens (including phenoxy) is 1. The Kier molecular flexibility index (Phi) is 4.00. The second-order valence-electron chi connectivity index (χ2n) is 5.54. The van der Waals surface area contributed by atoms with Gasteiger partial charge in [0.05, 0.1) is 17.8 Å². The fraction of sp³-hybridized carbons (Fsp3) is 0.278. The molecule has 3 aromatic rings. The largest absolute Gasteiger partial charge is 0.494 e. The zero-order valence-corrected chi connectivity index (χ0v) is 13.0. The molecule has 0 atom stereocenters. The predicted molar refractivity (Wildman–Crippen MR) is 90.2 cm³/mol. The number of aryl methyl sites for hydroxylation is 3. The Labute approximate surface area is 130 Å². The first-order valence-electron chi connectivity index (χ1n) is 7.56. The summed E-state index contributed by atoms with van der Waals surface area (Å²) in [6.07, 6.45) is 0.926. The van der Waals surface area contributed by atoms with Gasteiger partial charge in [0.25, 0.3) is 0 Å². The normalized spacial score (nSPS) is 11.0. The van der Waals surface area contributed by atoms with Gasteiger partial charge >= 0.3 is 0 Å². The third-order valence-electron chi connectivity index (χ3n) is 3.82. The summed E-state index contributed by atoms with van der Waals surface area (Å²) in [5.41, 5.74) is 9.93. The van der Waals surface area contributed by atoms with Crippen molar-refractivity contribution in [1.82, 2.24) is 9.55 Å². The molecule has 0 spiro atoms. The number of nitrogen functional groups attached to an aromatic ring is 1. The number of hydrogen-bond donors (Lipinski definition) is 1. The van der Waals surface area contributed by atoms with Gasteiger partial charge < -0.3 is 15.0 Å². The van der Waals surface area contributed by atoms with Gasteiger partial charge in [0.15, 0.2) is 0 Å². The molecule has 0 radical (unpaired) electrons. The number of fused-ring (bicyclic) bond motifs is 1. The fourth-order valence-corrected chi connectivity index (χ4v) is 2.61. The van der Waals surface area contributed by atoms with E-state index in [2.05, 4.69) is 34.7 Å². The summed E-state index contributed by atoms with van der Waals surface area (Å²) in [6.45, 7) is 5.64. The van der Waals surface area contributed by atoms with Crippen LogP contribution in [0.3, 0.4) is 0 Å². The van der Waals surface area contributed by atoms with Crippen molar-refractivity contribution in [3.63, 3.8) is 0 Å². The van der Waals surface area contributed by atoms with E-state index in [1.807, 2.05) is 31.2 Å². The molecule has 4 heteroatoms. The van der Waals surface area contributed by atoms with Gasteiger partial charge in [0, 0.05) is 6.54 Å². The average Bonchev–Trinajstić information content (AvgIpc) is 2.83. The van der Waals surface area contributed by atoms with Crippen molar-refractivity contribution >= 4 is 16.7 Å². The number of aromatic nitrogens is 2. The molecule has 0 saturated heterocycles. The number of benzene rings is 2. The summed E-state index contributed by atoms with van der Waals surface area (Å²) in [5, 5.41) is 0. The van der Waals surface area contributed by atoms with E-state index in [9.17, 15) is 0 Å². The Morgan fingerprint density at radius 1 is 1.09 bits per heavy atom. The summed E-state index contributed by atoms with van der Waals surface area (Å²) in [6, 6.07) is 14.1. The van der Waals surface area contributed by atoms with Crippen molar-refractivity contribution in [3.8, 4) is 5.75 Å². The smallest absolute Gasteiger partial charge is 0.119 e. The molecule has 3 rings (SSSR count). The maximum atomic E-state index is 5.98. The molecule has 0 aliphatic heterocycles. The van der Waals surface area contributed by atoms with Gasteiger partial charge in [0.1, 0.15) is 17.1 Å². The van der Waals surface area contributed by atoms with E-state index in [1.54, 1.807) is 0 Å². The van der Waals surface area contributed by atoms with Gasteiger partial charge in [-0.25, -0.2) is 4.98 Å². The summed E-state index contributed by atoms with van der Waals surface area (Å²) >= 11 is 0. The molecule has 0 aliphatic carbocycles. The Morgan fingerprint density at radius 3 is 2.64 bits per heavy atom. The van der Waals surface area contributed by atoms with Crippen LogP contribution in [0, 0.1) is 13.8 Å². The fourth-order valence-electron chi connectivity index (χ4n) is 2.61. The standard InChI is InChI=1S/C18H21N3O/c1-13-7-9-15(10-8-13)22-12-4-11-21-14(2)20-18-16(19)5-3-6-17(18)21/h3,5-10H,4,11-12,19H2,1-2H3. The van der Waals surface area contributed by atoms with Crippen molar-refractivity contribution in [2.75, 3.05) is 12.3 Å². The highest BCUT2D eigenvalue weighted by atomic mass is 16.5. The lowest BCUT2D eigenvalue weighted by Gasteiger charge is -2.09. The van der Waals surface area contributed by atoms with Crippen LogP contribution in [0.1, 0.15) is 17.8 Å². The monoisotopic (exact) mass is 295 g/mol. The summed E-state index contributed by atoms with van der Waals surface area (Å²) in [7, 11) is 0. The van der Waals surface area contributed by atoms with E-state index in [1.165, 1.54) is 5.56 Å². The maximum absolute atomic E-state index is 5.98. The summed E-state index contributed by atoms with van der Waals surface area (Å²) in [4.78, 5) is 4.56. The highest BCUT2D eigenvalue weighted by Crippen LogP contribution is 2.21. The van der Waals surface area contributed by atoms with E-state index in [0.29, 0.717) is 6.61 Å².